The number of hydrogen-bond donors (Lipinski definition) is 0. The van der Waals surface area contributed by atoms with Gasteiger partial charge in [0.05, 0.1) is 31.3 Å². The molecule has 10 heteroatoms. The molecule has 1 unspecified atom stereocenters. The summed E-state index contributed by atoms with van der Waals surface area (Å²) in [6.45, 7) is 5.42. The second kappa shape index (κ2) is 9.29. The summed E-state index contributed by atoms with van der Waals surface area (Å²) in [5, 5.41) is 8.16. The topological polar surface area (TPSA) is 106 Å². The number of carbonyl (C=O) groups excluding carboxylic acids is 2. The molecule has 0 bridgehead atoms. The number of likely N-dealkylation sites (tertiary alicyclic amines) is 1. The van der Waals surface area contributed by atoms with Gasteiger partial charge in [0.15, 0.2) is 5.69 Å². The first-order valence-electron chi connectivity index (χ1n) is 10.5. The van der Waals surface area contributed by atoms with Crippen LogP contribution in [0.3, 0.4) is 0 Å². The third-order valence-corrected chi connectivity index (χ3v) is 5.64. The van der Waals surface area contributed by atoms with Gasteiger partial charge >= 0.3 is 0 Å². The Kier molecular flexibility index (Phi) is 6.32. The lowest BCUT2D eigenvalue weighted by molar-refractivity contribution is 0.0299. The van der Waals surface area contributed by atoms with Gasteiger partial charge in [-0.3, -0.25) is 19.3 Å². The van der Waals surface area contributed by atoms with Crippen molar-refractivity contribution in [2.75, 3.05) is 32.8 Å². The molecule has 1 atom stereocenters. The van der Waals surface area contributed by atoms with Gasteiger partial charge in [0.2, 0.25) is 0 Å². The van der Waals surface area contributed by atoms with Crippen molar-refractivity contribution in [2.24, 2.45) is 0 Å². The first kappa shape index (κ1) is 20.4. The van der Waals surface area contributed by atoms with E-state index in [1.807, 2.05) is 11.8 Å². The smallest absolute Gasteiger partial charge is 0.276 e. The van der Waals surface area contributed by atoms with Crippen molar-refractivity contribution in [3.05, 3.63) is 35.7 Å². The first-order chi connectivity index (χ1) is 14.6. The number of piperidine rings is 1. The molecule has 2 aromatic heterocycles. The van der Waals surface area contributed by atoms with E-state index in [1.165, 1.54) is 0 Å². The van der Waals surface area contributed by atoms with Crippen molar-refractivity contribution >= 4 is 11.8 Å². The highest BCUT2D eigenvalue weighted by Gasteiger charge is 2.28. The fraction of sp³-hybridized carbons (Fsp3) is 0.600. The summed E-state index contributed by atoms with van der Waals surface area (Å²) in [5.74, 6) is -0.189. The van der Waals surface area contributed by atoms with E-state index in [0.29, 0.717) is 44.2 Å². The predicted molar refractivity (Wildman–Crippen MR) is 107 cm³/mol. The van der Waals surface area contributed by atoms with Gasteiger partial charge in [-0.2, -0.15) is 0 Å². The van der Waals surface area contributed by atoms with Crippen molar-refractivity contribution in [1.29, 1.82) is 0 Å². The van der Waals surface area contributed by atoms with Crippen LogP contribution in [-0.4, -0.2) is 85.5 Å². The summed E-state index contributed by atoms with van der Waals surface area (Å²) in [5.41, 5.74) is 1.52. The third-order valence-electron chi connectivity index (χ3n) is 5.64. The fourth-order valence-electron chi connectivity index (χ4n) is 3.93. The van der Waals surface area contributed by atoms with Crippen LogP contribution in [0.25, 0.3) is 0 Å². The zero-order valence-electron chi connectivity index (χ0n) is 17.2. The minimum atomic E-state index is -0.114. The Morgan fingerprint density at radius 1 is 1.07 bits per heavy atom. The standard InChI is InChI=1S/C20H27N7O3/c1-15-12-22-17(13-21-15)20(29)27-6-3-2-4-16(27)5-7-26-14-18(23-24-26)19(28)25-8-10-30-11-9-25/h12-14,16H,2-11H2,1H3. The largest absolute Gasteiger partial charge is 0.378 e. The highest BCUT2D eigenvalue weighted by molar-refractivity contribution is 5.92. The number of amides is 2. The van der Waals surface area contributed by atoms with Crippen molar-refractivity contribution < 1.29 is 14.3 Å². The minimum absolute atomic E-state index is 0.0750. The molecule has 2 aliphatic rings. The molecule has 2 aliphatic heterocycles. The zero-order chi connectivity index (χ0) is 20.9. The summed E-state index contributed by atoms with van der Waals surface area (Å²) in [4.78, 5) is 37.5. The van der Waals surface area contributed by atoms with Gasteiger partial charge in [-0.25, -0.2) is 4.98 Å². The summed E-state index contributed by atoms with van der Waals surface area (Å²) < 4.78 is 6.98. The van der Waals surface area contributed by atoms with E-state index >= 15 is 0 Å². The molecule has 0 spiro atoms. The summed E-state index contributed by atoms with van der Waals surface area (Å²) in [6, 6.07) is 0.108. The number of carbonyl (C=O) groups is 2. The van der Waals surface area contributed by atoms with Crippen LogP contribution >= 0.6 is 0 Å². The van der Waals surface area contributed by atoms with Crippen LogP contribution in [0.2, 0.25) is 0 Å². The number of rotatable bonds is 5. The van der Waals surface area contributed by atoms with Gasteiger partial charge in [0.25, 0.3) is 11.8 Å². The predicted octanol–water partition coefficient (Wildman–Crippen LogP) is 0.934. The van der Waals surface area contributed by atoms with Gasteiger partial charge in [-0.1, -0.05) is 5.21 Å². The molecule has 4 heterocycles. The van der Waals surface area contributed by atoms with Crippen LogP contribution < -0.4 is 0 Å². The van der Waals surface area contributed by atoms with Gasteiger partial charge in [0, 0.05) is 38.4 Å². The van der Waals surface area contributed by atoms with E-state index < -0.39 is 0 Å². The quantitative estimate of drug-likeness (QED) is 0.718. The van der Waals surface area contributed by atoms with Crippen molar-refractivity contribution in [1.82, 2.24) is 34.8 Å². The maximum atomic E-state index is 12.9. The Balaban J connectivity index is 1.37. The van der Waals surface area contributed by atoms with Gasteiger partial charge < -0.3 is 14.5 Å². The third kappa shape index (κ3) is 4.64. The van der Waals surface area contributed by atoms with Crippen LogP contribution in [0.1, 0.15) is 52.4 Å². The van der Waals surface area contributed by atoms with Crippen LogP contribution in [0.5, 0.6) is 0 Å². The van der Waals surface area contributed by atoms with E-state index in [1.54, 1.807) is 28.2 Å². The molecule has 2 fully saturated rings. The fourth-order valence-corrected chi connectivity index (χ4v) is 3.93. The van der Waals surface area contributed by atoms with Crippen molar-refractivity contribution in [3.63, 3.8) is 0 Å². The number of aromatic nitrogens is 5. The first-order valence-corrected chi connectivity index (χ1v) is 10.5. The summed E-state index contributed by atoms with van der Waals surface area (Å²) in [6.07, 6.45) is 8.63. The van der Waals surface area contributed by atoms with E-state index in [0.717, 1.165) is 37.9 Å². The van der Waals surface area contributed by atoms with Crippen molar-refractivity contribution in [3.8, 4) is 0 Å². The lowest BCUT2D eigenvalue weighted by atomic mass is 9.99. The van der Waals surface area contributed by atoms with Gasteiger partial charge in [-0.05, 0) is 32.6 Å². The number of ether oxygens (including phenoxy) is 1. The summed E-state index contributed by atoms with van der Waals surface area (Å²) >= 11 is 0. The molecule has 2 amide bonds. The molecule has 0 saturated carbocycles. The molecule has 2 saturated heterocycles. The molecule has 4 rings (SSSR count). The molecule has 160 valence electrons. The molecular weight excluding hydrogens is 386 g/mol. The average molecular weight is 413 g/mol. The Morgan fingerprint density at radius 3 is 2.67 bits per heavy atom. The Morgan fingerprint density at radius 2 is 1.90 bits per heavy atom. The highest BCUT2D eigenvalue weighted by atomic mass is 16.5. The van der Waals surface area contributed by atoms with Crippen LogP contribution in [0, 0.1) is 6.92 Å². The molecule has 10 nitrogen and oxygen atoms in total. The monoisotopic (exact) mass is 413 g/mol. The molecule has 0 radical (unpaired) electrons. The van der Waals surface area contributed by atoms with Crippen LogP contribution in [-0.2, 0) is 11.3 Å². The molecule has 0 aliphatic carbocycles. The van der Waals surface area contributed by atoms with E-state index in [9.17, 15) is 9.59 Å². The Hall–Kier alpha value is -2.88. The maximum Gasteiger partial charge on any atom is 0.276 e. The SMILES string of the molecule is Cc1cnc(C(=O)N2CCCCC2CCn2cc(C(=O)N3CCOCC3)nn2)cn1. The van der Waals surface area contributed by atoms with Crippen LogP contribution in [0.4, 0.5) is 0 Å². The number of morpholine rings is 1. The van der Waals surface area contributed by atoms with E-state index in [-0.39, 0.29) is 17.9 Å². The normalized spacial score (nSPS) is 19.7. The van der Waals surface area contributed by atoms with E-state index in [4.69, 9.17) is 4.74 Å². The Labute approximate surface area is 175 Å². The molecule has 0 aromatic carbocycles. The molecule has 0 N–H and O–H groups in total. The molecule has 2 aromatic rings. The van der Waals surface area contributed by atoms with Crippen molar-refractivity contribution in [2.45, 2.75) is 45.2 Å². The average Bonchev–Trinajstić information content (AvgIpc) is 3.27. The number of hydrogen-bond acceptors (Lipinski definition) is 7. The van der Waals surface area contributed by atoms with Gasteiger partial charge in [0.1, 0.15) is 5.69 Å². The second-order valence-electron chi connectivity index (χ2n) is 7.75. The Bertz CT molecular complexity index is 877. The zero-order valence-corrected chi connectivity index (χ0v) is 17.2. The number of aryl methyl sites for hydroxylation is 2. The van der Waals surface area contributed by atoms with Gasteiger partial charge in [-0.15, -0.1) is 5.10 Å². The number of nitrogens with zero attached hydrogens (tertiary/aromatic N) is 7. The maximum absolute atomic E-state index is 12.9. The lowest BCUT2D eigenvalue weighted by Gasteiger charge is -2.35. The molecular formula is C20H27N7O3. The second-order valence-corrected chi connectivity index (χ2v) is 7.75. The summed E-state index contributed by atoms with van der Waals surface area (Å²) in [7, 11) is 0. The minimum Gasteiger partial charge on any atom is -0.378 e. The molecule has 30 heavy (non-hydrogen) atoms. The highest BCUT2D eigenvalue weighted by Crippen LogP contribution is 2.22. The lowest BCUT2D eigenvalue weighted by Crippen LogP contribution is -2.44. The van der Waals surface area contributed by atoms with Crippen LogP contribution in [0.15, 0.2) is 18.6 Å². The van der Waals surface area contributed by atoms with E-state index in [2.05, 4.69) is 20.3 Å².